The van der Waals surface area contributed by atoms with E-state index in [2.05, 4.69) is 19.9 Å². The van der Waals surface area contributed by atoms with Gasteiger partial charge in [0, 0.05) is 24.2 Å². The molecular weight excluding hydrogens is 410 g/mol. The Hall–Kier alpha value is -3.13. The van der Waals surface area contributed by atoms with E-state index in [1.165, 1.54) is 0 Å². The van der Waals surface area contributed by atoms with Gasteiger partial charge in [0.15, 0.2) is 11.7 Å². The van der Waals surface area contributed by atoms with Crippen LogP contribution in [0.15, 0.2) is 54.0 Å². The molecule has 8 heteroatoms. The van der Waals surface area contributed by atoms with E-state index >= 15 is 0 Å². The van der Waals surface area contributed by atoms with Crippen molar-refractivity contribution in [3.05, 3.63) is 76.6 Å². The van der Waals surface area contributed by atoms with Crippen molar-refractivity contribution < 1.29 is 9.59 Å². The van der Waals surface area contributed by atoms with Gasteiger partial charge in [-0.1, -0.05) is 53.2 Å². The zero-order valence-corrected chi connectivity index (χ0v) is 18.2. The number of amides is 2. The summed E-state index contributed by atoms with van der Waals surface area (Å²) in [6, 6.07) is 12.6. The molecule has 1 N–H and O–H groups in total. The van der Waals surface area contributed by atoms with Crippen molar-refractivity contribution in [2.75, 3.05) is 0 Å². The minimum Gasteiger partial charge on any atom is -0.351 e. The van der Waals surface area contributed by atoms with Crippen LogP contribution in [-0.4, -0.2) is 37.3 Å². The third-order valence-electron chi connectivity index (χ3n) is 5.54. The van der Waals surface area contributed by atoms with Crippen LogP contribution in [0.25, 0.3) is 0 Å². The first-order valence-electron chi connectivity index (χ1n) is 10.5. The second-order valence-electron chi connectivity index (χ2n) is 7.86. The summed E-state index contributed by atoms with van der Waals surface area (Å²) < 4.78 is 3.83. The van der Waals surface area contributed by atoms with Gasteiger partial charge in [-0.3, -0.25) is 14.6 Å². The summed E-state index contributed by atoms with van der Waals surface area (Å²) in [6.45, 7) is 2.27. The van der Waals surface area contributed by atoms with Crippen LogP contribution in [0, 0.1) is 6.92 Å². The molecule has 160 valence electrons. The highest BCUT2D eigenvalue weighted by atomic mass is 32.1. The number of nitrogens with one attached hydrogen (secondary N) is 1. The number of nitrogens with zero attached hydrogens (tertiary/aromatic N) is 4. The lowest BCUT2D eigenvalue weighted by atomic mass is 10.1. The molecule has 1 saturated carbocycles. The third kappa shape index (κ3) is 5.14. The lowest BCUT2D eigenvalue weighted by Gasteiger charge is -2.31. The van der Waals surface area contributed by atoms with Gasteiger partial charge >= 0.3 is 0 Å². The van der Waals surface area contributed by atoms with E-state index in [0.29, 0.717) is 5.69 Å². The third-order valence-corrected chi connectivity index (χ3v) is 6.05. The molecule has 0 unspecified atom stereocenters. The molecule has 1 aliphatic rings. The average Bonchev–Trinajstić information content (AvgIpc) is 3.49. The van der Waals surface area contributed by atoms with Crippen LogP contribution in [0.3, 0.4) is 0 Å². The summed E-state index contributed by atoms with van der Waals surface area (Å²) in [6.07, 6.45) is 5.78. The van der Waals surface area contributed by atoms with Crippen LogP contribution in [0.1, 0.15) is 59.0 Å². The van der Waals surface area contributed by atoms with Gasteiger partial charge in [0.2, 0.25) is 5.91 Å². The van der Waals surface area contributed by atoms with Crippen molar-refractivity contribution in [3.63, 3.8) is 0 Å². The number of carbonyl (C=O) groups excluding carboxylic acids is 2. The zero-order chi connectivity index (χ0) is 21.6. The predicted molar refractivity (Wildman–Crippen MR) is 118 cm³/mol. The summed E-state index contributed by atoms with van der Waals surface area (Å²) >= 11 is 1.11. The molecule has 4 rings (SSSR count). The summed E-state index contributed by atoms with van der Waals surface area (Å²) in [5.74, 6) is -0.555. The Balaban J connectivity index is 1.71. The maximum Gasteiger partial charge on any atom is 0.276 e. The van der Waals surface area contributed by atoms with Crippen LogP contribution in [0.5, 0.6) is 0 Å². The van der Waals surface area contributed by atoms with Crippen LogP contribution >= 0.6 is 11.5 Å². The molecule has 1 atom stereocenters. The molecule has 2 heterocycles. The molecule has 0 saturated heterocycles. The summed E-state index contributed by atoms with van der Waals surface area (Å²) in [4.78, 5) is 32.9. The second kappa shape index (κ2) is 9.78. The molecule has 0 bridgehead atoms. The molecule has 0 spiro atoms. The van der Waals surface area contributed by atoms with Crippen LogP contribution < -0.4 is 5.32 Å². The smallest absolute Gasteiger partial charge is 0.276 e. The fraction of sp³-hybridized carbons (Fsp3) is 0.348. The summed E-state index contributed by atoms with van der Waals surface area (Å²) in [5.41, 5.74) is 2.82. The number of hydrogen-bond donors (Lipinski definition) is 1. The van der Waals surface area contributed by atoms with Crippen LogP contribution in [0.4, 0.5) is 0 Å². The average molecular weight is 436 g/mol. The number of carbonyl (C=O) groups is 2. The molecular formula is C23H25N5O2S. The van der Waals surface area contributed by atoms with E-state index < -0.39 is 6.04 Å². The Morgan fingerprint density at radius 1 is 1.16 bits per heavy atom. The molecule has 31 heavy (non-hydrogen) atoms. The fourth-order valence-corrected chi connectivity index (χ4v) is 4.33. The minimum atomic E-state index is -0.864. The van der Waals surface area contributed by atoms with Gasteiger partial charge in [-0.05, 0) is 49.0 Å². The molecule has 7 nitrogen and oxygen atoms in total. The fourth-order valence-electron chi connectivity index (χ4n) is 3.90. The molecule has 1 aromatic carbocycles. The van der Waals surface area contributed by atoms with E-state index in [1.54, 1.807) is 28.6 Å². The van der Waals surface area contributed by atoms with Gasteiger partial charge in [0.25, 0.3) is 5.91 Å². The van der Waals surface area contributed by atoms with E-state index in [-0.39, 0.29) is 30.1 Å². The SMILES string of the molecule is Cc1ccc(CN(C(=O)c2csnn2)[C@@H](C(=O)NC2CCCC2)c2ccccn2)cc1. The quantitative estimate of drug-likeness (QED) is 0.612. The highest BCUT2D eigenvalue weighted by molar-refractivity contribution is 7.03. The van der Waals surface area contributed by atoms with E-state index in [0.717, 1.165) is 48.3 Å². The van der Waals surface area contributed by atoms with E-state index in [9.17, 15) is 9.59 Å². The Kier molecular flexibility index (Phi) is 6.66. The molecule has 2 amide bonds. The highest BCUT2D eigenvalue weighted by Crippen LogP contribution is 2.26. The van der Waals surface area contributed by atoms with Gasteiger partial charge in [-0.25, -0.2) is 0 Å². The van der Waals surface area contributed by atoms with Crippen molar-refractivity contribution in [3.8, 4) is 0 Å². The molecule has 0 radical (unpaired) electrons. The summed E-state index contributed by atoms with van der Waals surface area (Å²) in [7, 11) is 0. The topological polar surface area (TPSA) is 88.1 Å². The monoisotopic (exact) mass is 435 g/mol. The lowest BCUT2D eigenvalue weighted by molar-refractivity contribution is -0.127. The predicted octanol–water partition coefficient (Wildman–Crippen LogP) is 3.68. The lowest BCUT2D eigenvalue weighted by Crippen LogP contribution is -2.46. The minimum absolute atomic E-state index is 0.135. The summed E-state index contributed by atoms with van der Waals surface area (Å²) in [5, 5.41) is 8.71. The van der Waals surface area contributed by atoms with Crippen LogP contribution in [0.2, 0.25) is 0 Å². The molecule has 0 aliphatic heterocycles. The van der Waals surface area contributed by atoms with Gasteiger partial charge in [-0.15, -0.1) is 5.10 Å². The van der Waals surface area contributed by atoms with Crippen molar-refractivity contribution >= 4 is 23.3 Å². The standard InChI is InChI=1S/C23H25N5O2S/c1-16-9-11-17(12-10-16)14-28(23(30)20-15-31-27-26-20)21(19-8-4-5-13-24-19)22(29)25-18-6-2-3-7-18/h4-5,8-13,15,18,21H,2-3,6-7,14H2,1H3,(H,25,29)/t21-/m1/s1. The first-order chi connectivity index (χ1) is 15.1. The van der Waals surface area contributed by atoms with Gasteiger partial charge in [-0.2, -0.15) is 0 Å². The van der Waals surface area contributed by atoms with Crippen molar-refractivity contribution in [1.82, 2.24) is 24.8 Å². The number of hydrogen-bond acceptors (Lipinski definition) is 6. The molecule has 2 aromatic heterocycles. The number of pyridine rings is 1. The normalized spacial score (nSPS) is 14.9. The second-order valence-corrected chi connectivity index (χ2v) is 8.47. The van der Waals surface area contributed by atoms with Gasteiger partial charge in [0.1, 0.15) is 0 Å². The van der Waals surface area contributed by atoms with Crippen LogP contribution in [-0.2, 0) is 11.3 Å². The Morgan fingerprint density at radius 2 is 1.94 bits per heavy atom. The first kappa shape index (κ1) is 21.1. The number of benzene rings is 1. The van der Waals surface area contributed by atoms with Crippen molar-refractivity contribution in [2.24, 2.45) is 0 Å². The number of rotatable bonds is 7. The van der Waals surface area contributed by atoms with E-state index in [1.807, 2.05) is 37.3 Å². The largest absolute Gasteiger partial charge is 0.351 e. The number of aryl methyl sites for hydroxylation is 1. The first-order valence-corrected chi connectivity index (χ1v) is 11.3. The molecule has 1 fully saturated rings. The zero-order valence-electron chi connectivity index (χ0n) is 17.4. The Bertz CT molecular complexity index is 1000. The van der Waals surface area contributed by atoms with Gasteiger partial charge in [0.05, 0.1) is 5.69 Å². The van der Waals surface area contributed by atoms with Crippen molar-refractivity contribution in [2.45, 2.75) is 51.2 Å². The van der Waals surface area contributed by atoms with E-state index in [4.69, 9.17) is 0 Å². The molecule has 3 aromatic rings. The maximum absolute atomic E-state index is 13.5. The molecule has 1 aliphatic carbocycles. The maximum atomic E-state index is 13.5. The van der Waals surface area contributed by atoms with Crippen molar-refractivity contribution in [1.29, 1.82) is 0 Å². The highest BCUT2D eigenvalue weighted by Gasteiger charge is 2.35. The number of aromatic nitrogens is 3. The Labute approximate surface area is 185 Å². The Morgan fingerprint density at radius 3 is 2.58 bits per heavy atom. The van der Waals surface area contributed by atoms with Gasteiger partial charge < -0.3 is 10.2 Å².